The van der Waals surface area contributed by atoms with Crippen molar-refractivity contribution in [3.05, 3.63) is 0 Å². The highest BCUT2D eigenvalue weighted by molar-refractivity contribution is 4.47. The standard InChI is InChI=1S/C12H26O2.C4H10O/c1-2-3-4-5-6-7-8-9-10-11-12(13)14;1-3-5-4-2/h12-14H,2-11H2,1H3;3-4H2,1-2H3. The van der Waals surface area contributed by atoms with Crippen LogP contribution in [0.2, 0.25) is 0 Å². The summed E-state index contributed by atoms with van der Waals surface area (Å²) in [4.78, 5) is 0. The lowest BCUT2D eigenvalue weighted by atomic mass is 10.1. The van der Waals surface area contributed by atoms with Crippen molar-refractivity contribution >= 4 is 0 Å². The third-order valence-electron chi connectivity index (χ3n) is 2.97. The Morgan fingerprint density at radius 2 is 1.11 bits per heavy atom. The number of rotatable bonds is 12. The Morgan fingerprint density at radius 1 is 0.684 bits per heavy atom. The maximum absolute atomic E-state index is 8.61. The molecule has 3 heteroatoms. The Morgan fingerprint density at radius 3 is 1.42 bits per heavy atom. The quantitative estimate of drug-likeness (QED) is 0.413. The van der Waals surface area contributed by atoms with Crippen LogP contribution in [0.3, 0.4) is 0 Å². The minimum atomic E-state index is -1.10. The SMILES string of the molecule is CCCCCCCCCCCC(O)O.CCOCC. The van der Waals surface area contributed by atoms with E-state index >= 15 is 0 Å². The van der Waals surface area contributed by atoms with Crippen LogP contribution in [-0.4, -0.2) is 29.7 Å². The van der Waals surface area contributed by atoms with Crippen LogP contribution in [0.1, 0.15) is 85.0 Å². The van der Waals surface area contributed by atoms with E-state index in [1.165, 1.54) is 44.9 Å². The molecule has 118 valence electrons. The van der Waals surface area contributed by atoms with E-state index < -0.39 is 6.29 Å². The van der Waals surface area contributed by atoms with Crippen LogP contribution in [0.4, 0.5) is 0 Å². The van der Waals surface area contributed by atoms with E-state index in [9.17, 15) is 0 Å². The van der Waals surface area contributed by atoms with Gasteiger partial charge in [-0.2, -0.15) is 0 Å². The average Bonchev–Trinajstić information content (AvgIpc) is 2.38. The summed E-state index contributed by atoms with van der Waals surface area (Å²) in [6, 6.07) is 0. The van der Waals surface area contributed by atoms with E-state index in [1.54, 1.807) is 0 Å². The van der Waals surface area contributed by atoms with Gasteiger partial charge in [0, 0.05) is 13.2 Å². The highest BCUT2D eigenvalue weighted by Crippen LogP contribution is 2.10. The number of hydrogen-bond donors (Lipinski definition) is 2. The van der Waals surface area contributed by atoms with Crippen LogP contribution in [0.15, 0.2) is 0 Å². The van der Waals surface area contributed by atoms with E-state index in [2.05, 4.69) is 6.92 Å². The largest absolute Gasteiger partial charge is 0.382 e. The Labute approximate surface area is 120 Å². The second-order valence-corrected chi connectivity index (χ2v) is 4.88. The third kappa shape index (κ3) is 27.2. The molecule has 0 spiro atoms. The normalized spacial score (nSPS) is 10.4. The molecule has 0 atom stereocenters. The van der Waals surface area contributed by atoms with Gasteiger partial charge in [-0.05, 0) is 26.7 Å². The van der Waals surface area contributed by atoms with Crippen LogP contribution >= 0.6 is 0 Å². The van der Waals surface area contributed by atoms with Gasteiger partial charge in [0.05, 0.1) is 0 Å². The number of hydrogen-bond acceptors (Lipinski definition) is 3. The molecular weight excluding hydrogens is 240 g/mol. The first-order chi connectivity index (χ1) is 9.18. The van der Waals surface area contributed by atoms with Crippen molar-refractivity contribution in [3.8, 4) is 0 Å². The number of ether oxygens (including phenoxy) is 1. The Bertz CT molecular complexity index is 136. The first-order valence-electron chi connectivity index (χ1n) is 8.12. The highest BCUT2D eigenvalue weighted by Gasteiger charge is 1.96. The minimum absolute atomic E-state index is 0.538. The van der Waals surface area contributed by atoms with Gasteiger partial charge in [-0.1, -0.05) is 58.3 Å². The average molecular weight is 276 g/mol. The first-order valence-corrected chi connectivity index (χ1v) is 8.12. The van der Waals surface area contributed by atoms with Crippen LogP contribution in [0.25, 0.3) is 0 Å². The smallest absolute Gasteiger partial charge is 0.151 e. The van der Waals surface area contributed by atoms with Gasteiger partial charge in [-0.3, -0.25) is 0 Å². The van der Waals surface area contributed by atoms with Crippen molar-refractivity contribution in [1.82, 2.24) is 0 Å². The topological polar surface area (TPSA) is 49.7 Å². The van der Waals surface area contributed by atoms with Crippen molar-refractivity contribution in [2.24, 2.45) is 0 Å². The molecule has 0 aromatic heterocycles. The predicted octanol–water partition coefficient (Wildman–Crippen LogP) is 4.26. The van der Waals surface area contributed by atoms with Gasteiger partial charge >= 0.3 is 0 Å². The second kappa shape index (κ2) is 20.2. The van der Waals surface area contributed by atoms with Crippen LogP contribution < -0.4 is 0 Å². The lowest BCUT2D eigenvalue weighted by Gasteiger charge is -2.03. The summed E-state index contributed by atoms with van der Waals surface area (Å²) < 4.78 is 4.83. The number of aliphatic hydroxyl groups excluding tert-OH is 1. The minimum Gasteiger partial charge on any atom is -0.382 e. The van der Waals surface area contributed by atoms with Gasteiger partial charge < -0.3 is 14.9 Å². The molecule has 0 aliphatic carbocycles. The van der Waals surface area contributed by atoms with Gasteiger partial charge in [0.2, 0.25) is 0 Å². The Kier molecular flexibility index (Phi) is 22.5. The van der Waals surface area contributed by atoms with Crippen LogP contribution in [0, 0.1) is 0 Å². The molecule has 0 radical (unpaired) electrons. The van der Waals surface area contributed by atoms with Crippen molar-refractivity contribution < 1.29 is 14.9 Å². The molecular formula is C16H36O3. The summed E-state index contributed by atoms with van der Waals surface area (Å²) in [7, 11) is 0. The highest BCUT2D eigenvalue weighted by atomic mass is 16.5. The number of aliphatic hydroxyl groups is 2. The molecule has 0 aromatic rings. The maximum Gasteiger partial charge on any atom is 0.151 e. The molecule has 0 bridgehead atoms. The Hall–Kier alpha value is -0.120. The molecule has 0 amide bonds. The summed E-state index contributed by atoms with van der Waals surface area (Å²) in [5.74, 6) is 0. The van der Waals surface area contributed by atoms with Crippen LogP contribution in [-0.2, 0) is 4.74 Å². The molecule has 19 heavy (non-hydrogen) atoms. The summed E-state index contributed by atoms with van der Waals surface area (Å²) in [5.41, 5.74) is 0. The zero-order valence-corrected chi connectivity index (χ0v) is 13.4. The van der Waals surface area contributed by atoms with Gasteiger partial charge in [-0.15, -0.1) is 0 Å². The van der Waals surface area contributed by atoms with Crippen LogP contribution in [0.5, 0.6) is 0 Å². The lowest BCUT2D eigenvalue weighted by Crippen LogP contribution is -2.02. The van der Waals surface area contributed by atoms with E-state index in [4.69, 9.17) is 14.9 Å². The van der Waals surface area contributed by atoms with E-state index in [-0.39, 0.29) is 0 Å². The molecule has 0 heterocycles. The fraction of sp³-hybridized carbons (Fsp3) is 1.00. The van der Waals surface area contributed by atoms with E-state index in [1.807, 2.05) is 13.8 Å². The molecule has 0 aromatic carbocycles. The summed E-state index contributed by atoms with van der Waals surface area (Å²) >= 11 is 0. The van der Waals surface area contributed by atoms with Crippen molar-refractivity contribution in [2.75, 3.05) is 13.2 Å². The molecule has 0 rings (SSSR count). The fourth-order valence-electron chi connectivity index (χ4n) is 1.84. The molecule has 3 nitrogen and oxygen atoms in total. The molecule has 0 unspecified atom stereocenters. The number of unbranched alkanes of at least 4 members (excludes halogenated alkanes) is 8. The summed E-state index contributed by atoms with van der Waals surface area (Å²) in [6.45, 7) is 7.90. The van der Waals surface area contributed by atoms with E-state index in [0.29, 0.717) is 6.42 Å². The first kappa shape index (κ1) is 21.2. The zero-order valence-electron chi connectivity index (χ0n) is 13.4. The van der Waals surface area contributed by atoms with Gasteiger partial charge in [0.15, 0.2) is 6.29 Å². The van der Waals surface area contributed by atoms with Crippen molar-refractivity contribution in [2.45, 2.75) is 91.3 Å². The predicted molar refractivity (Wildman–Crippen MR) is 82.2 cm³/mol. The van der Waals surface area contributed by atoms with Crippen molar-refractivity contribution in [1.29, 1.82) is 0 Å². The monoisotopic (exact) mass is 276 g/mol. The summed E-state index contributed by atoms with van der Waals surface area (Å²) in [6.07, 6.45) is 10.9. The van der Waals surface area contributed by atoms with Gasteiger partial charge in [0.25, 0.3) is 0 Å². The fourth-order valence-corrected chi connectivity index (χ4v) is 1.84. The second-order valence-electron chi connectivity index (χ2n) is 4.88. The zero-order chi connectivity index (χ0) is 14.8. The molecule has 2 N–H and O–H groups in total. The van der Waals surface area contributed by atoms with Gasteiger partial charge in [0.1, 0.15) is 0 Å². The third-order valence-corrected chi connectivity index (χ3v) is 2.97. The summed E-state index contributed by atoms with van der Waals surface area (Å²) in [5, 5.41) is 17.2. The molecule has 0 aliphatic heterocycles. The molecule has 0 fully saturated rings. The van der Waals surface area contributed by atoms with Crippen molar-refractivity contribution in [3.63, 3.8) is 0 Å². The molecule has 0 saturated heterocycles. The van der Waals surface area contributed by atoms with Gasteiger partial charge in [-0.25, -0.2) is 0 Å². The maximum atomic E-state index is 8.61. The Balaban J connectivity index is 0. The molecule has 0 saturated carbocycles. The lowest BCUT2D eigenvalue weighted by molar-refractivity contribution is -0.0466. The van der Waals surface area contributed by atoms with E-state index in [0.717, 1.165) is 26.1 Å². The molecule has 0 aliphatic rings.